The molecule has 12 heavy (non-hydrogen) atoms. The molecule has 74 valence electrons. The molecule has 0 fully saturated rings. The van der Waals surface area contributed by atoms with Crippen molar-refractivity contribution in [2.45, 2.75) is 32.8 Å². The van der Waals surface area contributed by atoms with E-state index in [1.54, 1.807) is 6.92 Å². The van der Waals surface area contributed by atoms with Gasteiger partial charge in [0.15, 0.2) is 0 Å². The van der Waals surface area contributed by atoms with E-state index in [0.717, 1.165) is 6.42 Å². The molecule has 0 aliphatic heterocycles. The van der Waals surface area contributed by atoms with Gasteiger partial charge in [-0.1, -0.05) is 6.92 Å². The third kappa shape index (κ3) is 5.72. The van der Waals surface area contributed by atoms with Crippen LogP contribution >= 0.6 is 7.60 Å². The van der Waals surface area contributed by atoms with Crippen molar-refractivity contribution in [2.24, 2.45) is 5.73 Å². The van der Waals surface area contributed by atoms with Crippen LogP contribution in [-0.2, 0) is 9.09 Å². The lowest BCUT2D eigenvalue weighted by Gasteiger charge is -2.15. The van der Waals surface area contributed by atoms with E-state index in [-0.39, 0.29) is 12.3 Å². The third-order valence-electron chi connectivity index (χ3n) is 1.56. The Morgan fingerprint density at radius 2 is 2.25 bits per heavy atom. The Balaban J connectivity index is 3.78. The Labute approximate surface area is 73.6 Å². The maximum absolute atomic E-state index is 11.2. The van der Waals surface area contributed by atoms with Crippen LogP contribution in [0.3, 0.4) is 0 Å². The van der Waals surface area contributed by atoms with Gasteiger partial charge < -0.3 is 15.2 Å². The minimum atomic E-state index is -3.36. The van der Waals surface area contributed by atoms with Crippen LogP contribution in [0.25, 0.3) is 0 Å². The summed E-state index contributed by atoms with van der Waals surface area (Å²) in [6.07, 6.45) is 1.28. The fourth-order valence-corrected chi connectivity index (χ4v) is 2.10. The molecule has 0 saturated carbocycles. The average molecular weight is 195 g/mol. The molecule has 0 spiro atoms. The summed E-state index contributed by atoms with van der Waals surface area (Å²) in [4.78, 5) is 9.22. The molecule has 5 heteroatoms. The lowest BCUT2D eigenvalue weighted by molar-refractivity contribution is 0.185. The summed E-state index contributed by atoms with van der Waals surface area (Å²) >= 11 is 0. The molecule has 0 saturated heterocycles. The second-order valence-corrected chi connectivity index (χ2v) is 4.76. The zero-order valence-corrected chi connectivity index (χ0v) is 8.59. The number of hydrogen-bond donors (Lipinski definition) is 2. The van der Waals surface area contributed by atoms with E-state index < -0.39 is 7.60 Å². The lowest BCUT2D eigenvalue weighted by Crippen LogP contribution is -2.08. The molecule has 0 aliphatic carbocycles. The van der Waals surface area contributed by atoms with Crippen LogP contribution < -0.4 is 5.73 Å². The minimum Gasteiger partial charge on any atom is -0.330 e. The fourth-order valence-electron chi connectivity index (χ4n) is 0.700. The van der Waals surface area contributed by atoms with Crippen molar-refractivity contribution >= 4 is 7.60 Å². The monoisotopic (exact) mass is 195 g/mol. The molecule has 0 aromatic rings. The SMILES string of the molecule is CCC(C)OP(=O)(O)CCCN. The summed E-state index contributed by atoms with van der Waals surface area (Å²) in [5.74, 6) is 0. The highest BCUT2D eigenvalue weighted by Gasteiger charge is 2.20. The number of nitrogens with two attached hydrogens (primary N) is 1. The van der Waals surface area contributed by atoms with Crippen molar-refractivity contribution in [3.05, 3.63) is 0 Å². The first-order valence-electron chi connectivity index (χ1n) is 4.22. The average Bonchev–Trinajstić information content (AvgIpc) is 2.00. The van der Waals surface area contributed by atoms with Crippen LogP contribution in [0.15, 0.2) is 0 Å². The smallest absolute Gasteiger partial charge is 0.328 e. The summed E-state index contributed by atoms with van der Waals surface area (Å²) in [5, 5.41) is 0. The summed E-state index contributed by atoms with van der Waals surface area (Å²) in [7, 11) is -3.36. The van der Waals surface area contributed by atoms with Crippen molar-refractivity contribution < 1.29 is 14.0 Å². The molecule has 0 aromatic carbocycles. The fraction of sp³-hybridized carbons (Fsp3) is 1.00. The lowest BCUT2D eigenvalue weighted by atomic mass is 10.3. The Kier molecular flexibility index (Phi) is 5.76. The molecular weight excluding hydrogens is 177 g/mol. The second-order valence-electron chi connectivity index (χ2n) is 2.83. The van der Waals surface area contributed by atoms with Crippen LogP contribution in [0, 0.1) is 0 Å². The van der Waals surface area contributed by atoms with Crippen LogP contribution in [0.2, 0.25) is 0 Å². The standard InChI is InChI=1S/C7H18NO3P/c1-3-7(2)11-12(9,10)6-4-5-8/h7H,3-6,8H2,1-2H3,(H,9,10). The largest absolute Gasteiger partial charge is 0.330 e. The van der Waals surface area contributed by atoms with Gasteiger partial charge in [-0.05, 0) is 26.3 Å². The number of rotatable bonds is 6. The molecular formula is C7H18NO3P. The van der Waals surface area contributed by atoms with Crippen LogP contribution in [0.1, 0.15) is 26.7 Å². The summed E-state index contributed by atoms with van der Waals surface area (Å²) < 4.78 is 16.2. The molecule has 0 bridgehead atoms. The molecule has 0 aliphatic rings. The normalized spacial score (nSPS) is 18.7. The van der Waals surface area contributed by atoms with Crippen molar-refractivity contribution in [2.75, 3.05) is 12.7 Å². The predicted molar refractivity (Wildman–Crippen MR) is 49.2 cm³/mol. The molecule has 3 N–H and O–H groups in total. The van der Waals surface area contributed by atoms with Crippen LogP contribution in [0.5, 0.6) is 0 Å². The first-order valence-corrected chi connectivity index (χ1v) is 5.98. The molecule has 2 unspecified atom stereocenters. The van der Waals surface area contributed by atoms with Crippen molar-refractivity contribution in [1.29, 1.82) is 0 Å². The summed E-state index contributed by atoms with van der Waals surface area (Å²) in [5.41, 5.74) is 5.21. The van der Waals surface area contributed by atoms with Crippen molar-refractivity contribution in [3.63, 3.8) is 0 Å². The van der Waals surface area contributed by atoms with E-state index in [1.165, 1.54) is 0 Å². The molecule has 0 amide bonds. The molecule has 0 radical (unpaired) electrons. The van der Waals surface area contributed by atoms with E-state index in [2.05, 4.69) is 0 Å². The van der Waals surface area contributed by atoms with E-state index in [0.29, 0.717) is 13.0 Å². The number of hydrogen-bond acceptors (Lipinski definition) is 3. The van der Waals surface area contributed by atoms with Gasteiger partial charge in [-0.3, -0.25) is 4.57 Å². The van der Waals surface area contributed by atoms with E-state index in [1.807, 2.05) is 6.92 Å². The maximum Gasteiger partial charge on any atom is 0.328 e. The van der Waals surface area contributed by atoms with Gasteiger partial charge in [0.2, 0.25) is 0 Å². The quantitative estimate of drug-likeness (QED) is 0.627. The zero-order chi connectivity index (χ0) is 9.61. The van der Waals surface area contributed by atoms with Gasteiger partial charge in [0, 0.05) is 0 Å². The van der Waals surface area contributed by atoms with E-state index in [4.69, 9.17) is 10.3 Å². The minimum absolute atomic E-state index is 0.154. The molecule has 0 rings (SSSR count). The van der Waals surface area contributed by atoms with Crippen LogP contribution in [0.4, 0.5) is 0 Å². The summed E-state index contributed by atoms with van der Waals surface area (Å²) in [6, 6.07) is 0. The third-order valence-corrected chi connectivity index (χ3v) is 3.14. The van der Waals surface area contributed by atoms with Gasteiger partial charge in [-0.15, -0.1) is 0 Å². The van der Waals surface area contributed by atoms with Gasteiger partial charge in [-0.2, -0.15) is 0 Å². The molecule has 2 atom stereocenters. The molecule has 0 aromatic heterocycles. The summed E-state index contributed by atoms with van der Waals surface area (Å²) in [6.45, 7) is 4.12. The Morgan fingerprint density at radius 3 is 2.67 bits per heavy atom. The Morgan fingerprint density at radius 1 is 1.67 bits per heavy atom. The van der Waals surface area contributed by atoms with E-state index in [9.17, 15) is 9.46 Å². The van der Waals surface area contributed by atoms with Crippen LogP contribution in [-0.4, -0.2) is 23.7 Å². The van der Waals surface area contributed by atoms with Gasteiger partial charge >= 0.3 is 7.60 Å². The maximum atomic E-state index is 11.2. The first kappa shape index (κ1) is 12.1. The second kappa shape index (κ2) is 5.70. The van der Waals surface area contributed by atoms with Gasteiger partial charge in [0.05, 0.1) is 12.3 Å². The highest BCUT2D eigenvalue weighted by atomic mass is 31.2. The predicted octanol–water partition coefficient (Wildman–Crippen LogP) is 1.34. The molecule has 0 heterocycles. The van der Waals surface area contributed by atoms with E-state index >= 15 is 0 Å². The Hall–Kier alpha value is 0.110. The highest BCUT2D eigenvalue weighted by Crippen LogP contribution is 2.43. The highest BCUT2D eigenvalue weighted by molar-refractivity contribution is 7.52. The van der Waals surface area contributed by atoms with Crippen molar-refractivity contribution in [3.8, 4) is 0 Å². The first-order chi connectivity index (χ1) is 5.52. The van der Waals surface area contributed by atoms with Gasteiger partial charge in [-0.25, -0.2) is 0 Å². The topological polar surface area (TPSA) is 72.5 Å². The van der Waals surface area contributed by atoms with Crippen molar-refractivity contribution in [1.82, 2.24) is 0 Å². The molecule has 4 nitrogen and oxygen atoms in total. The zero-order valence-electron chi connectivity index (χ0n) is 7.69. The Bertz CT molecular complexity index is 163. The van der Waals surface area contributed by atoms with Gasteiger partial charge in [0.25, 0.3) is 0 Å². The van der Waals surface area contributed by atoms with Gasteiger partial charge in [0.1, 0.15) is 0 Å².